The largest absolute Gasteiger partial charge is 0.497 e. The SMILES string of the molecule is CN=C(NCc1nc(C(C)C)cs1)NCC1(c2ccc(OC)cc2)CCOCC1. The van der Waals surface area contributed by atoms with Crippen LogP contribution in [-0.4, -0.2) is 44.9 Å². The monoisotopic (exact) mass is 416 g/mol. The lowest BCUT2D eigenvalue weighted by Gasteiger charge is -2.38. The zero-order valence-corrected chi connectivity index (χ0v) is 18.6. The quantitative estimate of drug-likeness (QED) is 0.532. The molecule has 1 fully saturated rings. The molecule has 0 saturated carbocycles. The Morgan fingerprint density at radius 3 is 2.55 bits per heavy atom. The van der Waals surface area contributed by atoms with Gasteiger partial charge in [-0.2, -0.15) is 0 Å². The number of nitrogens with zero attached hydrogens (tertiary/aromatic N) is 2. The second-order valence-electron chi connectivity index (χ2n) is 7.72. The first-order valence-electron chi connectivity index (χ1n) is 10.2. The molecule has 1 aliphatic rings. The van der Waals surface area contributed by atoms with Gasteiger partial charge in [-0.25, -0.2) is 4.98 Å². The Morgan fingerprint density at radius 1 is 1.24 bits per heavy atom. The molecule has 1 aromatic carbocycles. The number of aliphatic imine (C=N–C) groups is 1. The summed E-state index contributed by atoms with van der Waals surface area (Å²) in [6.45, 7) is 7.36. The minimum absolute atomic E-state index is 0.0220. The van der Waals surface area contributed by atoms with Crippen LogP contribution in [0.3, 0.4) is 0 Å². The zero-order valence-electron chi connectivity index (χ0n) is 17.8. The van der Waals surface area contributed by atoms with Gasteiger partial charge >= 0.3 is 0 Å². The molecule has 1 aliphatic heterocycles. The Morgan fingerprint density at radius 2 is 1.97 bits per heavy atom. The van der Waals surface area contributed by atoms with Crippen LogP contribution in [0.25, 0.3) is 0 Å². The highest BCUT2D eigenvalue weighted by molar-refractivity contribution is 7.09. The fraction of sp³-hybridized carbons (Fsp3) is 0.545. The van der Waals surface area contributed by atoms with Crippen molar-refractivity contribution < 1.29 is 9.47 Å². The fourth-order valence-corrected chi connectivity index (χ4v) is 4.47. The number of guanidine groups is 1. The normalized spacial score (nSPS) is 16.7. The van der Waals surface area contributed by atoms with Gasteiger partial charge < -0.3 is 20.1 Å². The average Bonchev–Trinajstić information content (AvgIpc) is 3.24. The molecule has 29 heavy (non-hydrogen) atoms. The summed E-state index contributed by atoms with van der Waals surface area (Å²) in [5.41, 5.74) is 2.48. The lowest BCUT2D eigenvalue weighted by Crippen LogP contribution is -2.47. The average molecular weight is 417 g/mol. The topological polar surface area (TPSA) is 67.8 Å². The smallest absolute Gasteiger partial charge is 0.191 e. The van der Waals surface area contributed by atoms with Gasteiger partial charge in [0.2, 0.25) is 0 Å². The van der Waals surface area contributed by atoms with E-state index in [1.807, 2.05) is 12.1 Å². The van der Waals surface area contributed by atoms with E-state index < -0.39 is 0 Å². The van der Waals surface area contributed by atoms with E-state index in [-0.39, 0.29) is 5.41 Å². The number of hydrogen-bond acceptors (Lipinski definition) is 5. The third-order valence-electron chi connectivity index (χ3n) is 5.54. The van der Waals surface area contributed by atoms with Crippen LogP contribution >= 0.6 is 11.3 Å². The first kappa shape index (κ1) is 21.6. The molecule has 0 bridgehead atoms. The summed E-state index contributed by atoms with van der Waals surface area (Å²) in [6.07, 6.45) is 1.96. The molecule has 2 heterocycles. The van der Waals surface area contributed by atoms with E-state index >= 15 is 0 Å². The van der Waals surface area contributed by atoms with E-state index in [4.69, 9.17) is 9.47 Å². The van der Waals surface area contributed by atoms with Gasteiger partial charge in [0.25, 0.3) is 0 Å². The number of thiazole rings is 1. The van der Waals surface area contributed by atoms with Crippen molar-refractivity contribution >= 4 is 17.3 Å². The molecular formula is C22H32N4O2S. The van der Waals surface area contributed by atoms with Crippen LogP contribution < -0.4 is 15.4 Å². The van der Waals surface area contributed by atoms with E-state index in [9.17, 15) is 0 Å². The van der Waals surface area contributed by atoms with Gasteiger partial charge in [-0.05, 0) is 36.5 Å². The molecule has 0 spiro atoms. The van der Waals surface area contributed by atoms with Gasteiger partial charge in [0, 0.05) is 37.6 Å². The van der Waals surface area contributed by atoms with Crippen molar-refractivity contribution in [2.75, 3.05) is 33.9 Å². The summed E-state index contributed by atoms with van der Waals surface area (Å²) in [7, 11) is 3.50. The van der Waals surface area contributed by atoms with Crippen LogP contribution in [0, 0.1) is 0 Å². The number of ether oxygens (including phenoxy) is 2. The Bertz CT molecular complexity index is 795. The van der Waals surface area contributed by atoms with Crippen LogP contribution in [0.5, 0.6) is 5.75 Å². The number of benzene rings is 1. The zero-order chi connectivity index (χ0) is 20.7. The highest BCUT2D eigenvalue weighted by Gasteiger charge is 2.34. The minimum Gasteiger partial charge on any atom is -0.497 e. The van der Waals surface area contributed by atoms with Crippen molar-refractivity contribution in [3.05, 3.63) is 45.9 Å². The van der Waals surface area contributed by atoms with Gasteiger partial charge in [-0.15, -0.1) is 11.3 Å². The fourth-order valence-electron chi connectivity index (χ4n) is 3.58. The predicted molar refractivity (Wildman–Crippen MR) is 119 cm³/mol. The Hall–Kier alpha value is -2.12. The lowest BCUT2D eigenvalue weighted by molar-refractivity contribution is 0.0513. The Kier molecular flexibility index (Phi) is 7.50. The number of hydrogen-bond donors (Lipinski definition) is 2. The van der Waals surface area contributed by atoms with E-state index in [0.717, 1.165) is 55.0 Å². The summed E-state index contributed by atoms with van der Waals surface area (Å²) in [4.78, 5) is 9.09. The second kappa shape index (κ2) is 10.1. The van der Waals surface area contributed by atoms with Gasteiger partial charge in [-0.1, -0.05) is 26.0 Å². The van der Waals surface area contributed by atoms with Crippen LogP contribution in [0.1, 0.15) is 48.9 Å². The van der Waals surface area contributed by atoms with Crippen molar-refractivity contribution in [3.63, 3.8) is 0 Å². The van der Waals surface area contributed by atoms with Gasteiger partial charge in [0.05, 0.1) is 19.3 Å². The Labute approximate surface area is 177 Å². The molecule has 0 radical (unpaired) electrons. The van der Waals surface area contributed by atoms with Gasteiger partial charge in [0.15, 0.2) is 5.96 Å². The van der Waals surface area contributed by atoms with Crippen molar-refractivity contribution in [3.8, 4) is 5.75 Å². The van der Waals surface area contributed by atoms with Crippen LogP contribution in [0.2, 0.25) is 0 Å². The third-order valence-corrected chi connectivity index (χ3v) is 6.41. The summed E-state index contributed by atoms with van der Waals surface area (Å²) in [5, 5.41) is 10.1. The third kappa shape index (κ3) is 5.48. The van der Waals surface area contributed by atoms with E-state index in [2.05, 4.69) is 52.0 Å². The number of aromatic nitrogens is 1. The maximum atomic E-state index is 5.65. The van der Waals surface area contributed by atoms with Gasteiger partial charge in [0.1, 0.15) is 10.8 Å². The Balaban J connectivity index is 1.63. The van der Waals surface area contributed by atoms with Gasteiger partial charge in [-0.3, -0.25) is 4.99 Å². The second-order valence-corrected chi connectivity index (χ2v) is 8.66. The van der Waals surface area contributed by atoms with E-state index in [1.54, 1.807) is 25.5 Å². The maximum Gasteiger partial charge on any atom is 0.191 e. The summed E-state index contributed by atoms with van der Waals surface area (Å²) >= 11 is 1.69. The predicted octanol–water partition coefficient (Wildman–Crippen LogP) is 3.69. The molecule has 0 atom stereocenters. The molecule has 2 N–H and O–H groups in total. The standard InChI is InChI=1S/C22H32N4O2S/c1-16(2)19-14-29-20(26-19)13-24-21(23-3)25-15-22(9-11-28-12-10-22)17-5-7-18(27-4)8-6-17/h5-8,14,16H,9-13,15H2,1-4H3,(H2,23,24,25). The minimum atomic E-state index is 0.0220. The van der Waals surface area contributed by atoms with Crippen molar-refractivity contribution in [2.24, 2.45) is 4.99 Å². The van der Waals surface area contributed by atoms with Crippen molar-refractivity contribution in [2.45, 2.75) is 44.6 Å². The number of nitrogens with one attached hydrogen (secondary N) is 2. The first-order valence-corrected chi connectivity index (χ1v) is 11.1. The molecule has 0 aliphatic carbocycles. The molecule has 6 nitrogen and oxygen atoms in total. The van der Waals surface area contributed by atoms with Crippen molar-refractivity contribution in [1.29, 1.82) is 0 Å². The molecule has 1 aromatic heterocycles. The maximum absolute atomic E-state index is 5.65. The molecule has 2 aromatic rings. The van der Waals surface area contributed by atoms with Crippen LogP contribution in [0.15, 0.2) is 34.6 Å². The van der Waals surface area contributed by atoms with Crippen LogP contribution in [-0.2, 0) is 16.7 Å². The van der Waals surface area contributed by atoms with Crippen molar-refractivity contribution in [1.82, 2.24) is 15.6 Å². The summed E-state index contributed by atoms with van der Waals surface area (Å²) in [6, 6.07) is 8.42. The highest BCUT2D eigenvalue weighted by Crippen LogP contribution is 2.35. The summed E-state index contributed by atoms with van der Waals surface area (Å²) < 4.78 is 11.0. The molecule has 0 amide bonds. The number of methoxy groups -OCH3 is 1. The molecule has 158 valence electrons. The van der Waals surface area contributed by atoms with E-state index in [1.165, 1.54) is 5.56 Å². The molecule has 7 heteroatoms. The molecule has 1 saturated heterocycles. The number of rotatable bonds is 7. The molecular weight excluding hydrogens is 384 g/mol. The molecule has 0 unspecified atom stereocenters. The summed E-state index contributed by atoms with van der Waals surface area (Å²) in [5.74, 6) is 2.13. The van der Waals surface area contributed by atoms with E-state index in [0.29, 0.717) is 12.5 Å². The molecule has 3 rings (SSSR count). The first-order chi connectivity index (χ1) is 14.1. The van der Waals surface area contributed by atoms with Crippen LogP contribution in [0.4, 0.5) is 0 Å². The lowest BCUT2D eigenvalue weighted by atomic mass is 9.74. The highest BCUT2D eigenvalue weighted by atomic mass is 32.1.